The second-order valence-corrected chi connectivity index (χ2v) is 7.89. The lowest BCUT2D eigenvalue weighted by Crippen LogP contribution is -2.28. The number of alkyl halides is 1. The fourth-order valence-electron chi connectivity index (χ4n) is 4.34. The van der Waals surface area contributed by atoms with E-state index >= 15 is 4.39 Å². The summed E-state index contributed by atoms with van der Waals surface area (Å²) in [6.45, 7) is 2.85. The molecule has 1 aromatic carbocycles. The molecular formula is C19H20F5NO3. The van der Waals surface area contributed by atoms with Crippen LogP contribution < -0.4 is 0 Å². The zero-order chi connectivity index (χ0) is 20.9. The molecule has 2 aliphatic rings. The fraction of sp³-hybridized carbons (Fsp3) is 0.579. The smallest absolute Gasteiger partial charge is 0.314 e. The van der Waals surface area contributed by atoms with Gasteiger partial charge in [0, 0.05) is 17.7 Å². The van der Waals surface area contributed by atoms with E-state index in [2.05, 4.69) is 5.16 Å². The molecule has 1 N–H and O–H groups in total. The van der Waals surface area contributed by atoms with E-state index in [0.29, 0.717) is 0 Å². The van der Waals surface area contributed by atoms with Crippen molar-refractivity contribution in [2.45, 2.75) is 51.8 Å². The minimum absolute atomic E-state index is 0.101. The van der Waals surface area contributed by atoms with E-state index in [1.165, 1.54) is 13.8 Å². The van der Waals surface area contributed by atoms with Gasteiger partial charge in [-0.2, -0.15) is 0 Å². The number of hydrogen-bond donors (Lipinski definition) is 1. The Kier molecular flexibility index (Phi) is 5.14. The van der Waals surface area contributed by atoms with E-state index in [1.807, 2.05) is 0 Å². The Morgan fingerprint density at radius 2 is 1.82 bits per heavy atom. The highest BCUT2D eigenvalue weighted by atomic mass is 19.2. The van der Waals surface area contributed by atoms with Crippen molar-refractivity contribution in [3.8, 4) is 0 Å². The number of benzene rings is 1. The Morgan fingerprint density at radius 1 is 1.21 bits per heavy atom. The molecule has 28 heavy (non-hydrogen) atoms. The molecule has 0 aliphatic heterocycles. The lowest BCUT2D eigenvalue weighted by atomic mass is 9.86. The van der Waals surface area contributed by atoms with Gasteiger partial charge in [-0.3, -0.25) is 4.79 Å². The molecule has 4 nitrogen and oxygen atoms in total. The number of carboxylic acids is 1. The average Bonchev–Trinajstić information content (AvgIpc) is 2.95. The van der Waals surface area contributed by atoms with Gasteiger partial charge in [0.15, 0.2) is 23.3 Å². The third-order valence-electron chi connectivity index (χ3n) is 6.13. The molecule has 2 fully saturated rings. The molecule has 3 rings (SSSR count). The number of rotatable bonds is 6. The topological polar surface area (TPSA) is 58.9 Å². The molecule has 154 valence electrons. The van der Waals surface area contributed by atoms with E-state index in [-0.39, 0.29) is 12.2 Å². The van der Waals surface area contributed by atoms with Gasteiger partial charge < -0.3 is 9.94 Å². The summed E-state index contributed by atoms with van der Waals surface area (Å²) in [4.78, 5) is 17.3. The van der Waals surface area contributed by atoms with Crippen LogP contribution in [0.25, 0.3) is 0 Å². The predicted molar refractivity (Wildman–Crippen MR) is 89.3 cm³/mol. The molecular weight excluding hydrogens is 385 g/mol. The number of hydrogen-bond acceptors (Lipinski definition) is 3. The zero-order valence-electron chi connectivity index (χ0n) is 15.3. The van der Waals surface area contributed by atoms with Crippen LogP contribution in [0.2, 0.25) is 0 Å². The van der Waals surface area contributed by atoms with Crippen molar-refractivity contribution in [3.05, 3.63) is 34.9 Å². The van der Waals surface area contributed by atoms with Gasteiger partial charge in [-0.05, 0) is 37.2 Å². The van der Waals surface area contributed by atoms with Crippen molar-refractivity contribution in [3.63, 3.8) is 0 Å². The minimum atomic E-state index is -2.63. The largest absolute Gasteiger partial charge is 0.481 e. The van der Waals surface area contributed by atoms with Gasteiger partial charge in [0.1, 0.15) is 17.7 Å². The van der Waals surface area contributed by atoms with Gasteiger partial charge in [0.2, 0.25) is 0 Å². The normalized spacial score (nSPS) is 27.9. The molecule has 9 heteroatoms. The van der Waals surface area contributed by atoms with E-state index < -0.39 is 57.7 Å². The van der Waals surface area contributed by atoms with Crippen LogP contribution in [0.4, 0.5) is 22.0 Å². The van der Waals surface area contributed by atoms with E-state index in [0.717, 1.165) is 31.9 Å². The van der Waals surface area contributed by atoms with Gasteiger partial charge in [0.25, 0.3) is 0 Å². The van der Waals surface area contributed by atoms with Crippen LogP contribution in [0, 0.1) is 40.0 Å². The van der Waals surface area contributed by atoms with Crippen molar-refractivity contribution in [2.24, 2.45) is 21.9 Å². The summed E-state index contributed by atoms with van der Waals surface area (Å²) < 4.78 is 69.6. The maximum Gasteiger partial charge on any atom is 0.314 e. The highest BCUT2D eigenvalue weighted by Gasteiger charge is 2.80. The van der Waals surface area contributed by atoms with Gasteiger partial charge in [-0.1, -0.05) is 19.0 Å². The van der Waals surface area contributed by atoms with Gasteiger partial charge in [0.05, 0.1) is 0 Å². The molecule has 0 bridgehead atoms. The average molecular weight is 405 g/mol. The standard InChI is InChI=1S/C19H20F5NO3/c1-18(2)12(8-25-28-9-5-3-4-6-9)19(18,17(26)27)16(24)10-7-11(20)14(22)15(23)13(10)21/h7-9,12,16H,3-6H2,1-2H3,(H,26,27). The molecule has 0 amide bonds. The number of oxime groups is 1. The number of nitrogens with zero attached hydrogens (tertiary/aromatic N) is 1. The summed E-state index contributed by atoms with van der Waals surface area (Å²) in [6.07, 6.45) is 2.00. The molecule has 0 saturated heterocycles. The molecule has 1 aromatic rings. The monoisotopic (exact) mass is 405 g/mol. The summed E-state index contributed by atoms with van der Waals surface area (Å²) in [6, 6.07) is 0.154. The maximum absolute atomic E-state index is 15.3. The fourth-order valence-corrected chi connectivity index (χ4v) is 4.34. The molecule has 2 aliphatic carbocycles. The maximum atomic E-state index is 15.3. The van der Waals surface area contributed by atoms with Crippen molar-refractivity contribution in [1.29, 1.82) is 0 Å². The van der Waals surface area contributed by atoms with Crippen LogP contribution in [0.5, 0.6) is 0 Å². The number of halogens is 5. The lowest BCUT2D eigenvalue weighted by molar-refractivity contribution is -0.148. The Morgan fingerprint density at radius 3 is 2.39 bits per heavy atom. The highest BCUT2D eigenvalue weighted by molar-refractivity contribution is 5.90. The predicted octanol–water partition coefficient (Wildman–Crippen LogP) is 4.93. The van der Waals surface area contributed by atoms with Crippen LogP contribution >= 0.6 is 0 Å². The first-order chi connectivity index (χ1) is 13.1. The van der Waals surface area contributed by atoms with Crippen LogP contribution in [-0.4, -0.2) is 23.4 Å². The Balaban J connectivity index is 1.94. The number of carboxylic acid groups (broad SMARTS) is 1. The first-order valence-electron chi connectivity index (χ1n) is 8.96. The molecule has 2 saturated carbocycles. The van der Waals surface area contributed by atoms with Gasteiger partial charge in [-0.15, -0.1) is 0 Å². The molecule has 0 heterocycles. The molecule has 3 unspecified atom stereocenters. The molecule has 0 aromatic heterocycles. The summed E-state index contributed by atoms with van der Waals surface area (Å²) >= 11 is 0. The van der Waals surface area contributed by atoms with E-state index in [4.69, 9.17) is 4.84 Å². The van der Waals surface area contributed by atoms with Crippen LogP contribution in [-0.2, 0) is 9.63 Å². The molecule has 0 radical (unpaired) electrons. The van der Waals surface area contributed by atoms with Crippen molar-refractivity contribution >= 4 is 12.2 Å². The first kappa shape index (κ1) is 20.5. The molecule has 0 spiro atoms. The summed E-state index contributed by atoms with van der Waals surface area (Å²) in [5, 5.41) is 13.5. The lowest BCUT2D eigenvalue weighted by Gasteiger charge is -2.21. The van der Waals surface area contributed by atoms with Crippen LogP contribution in [0.3, 0.4) is 0 Å². The Bertz CT molecular complexity index is 822. The second-order valence-electron chi connectivity index (χ2n) is 7.89. The Hall–Kier alpha value is -2.19. The van der Waals surface area contributed by atoms with Crippen LogP contribution in [0.15, 0.2) is 11.2 Å². The van der Waals surface area contributed by atoms with Crippen molar-refractivity contribution in [1.82, 2.24) is 0 Å². The highest BCUT2D eigenvalue weighted by Crippen LogP contribution is 2.74. The number of aliphatic carboxylic acids is 1. The van der Waals surface area contributed by atoms with Gasteiger partial charge in [-0.25, -0.2) is 22.0 Å². The Labute approximate surface area is 158 Å². The summed E-state index contributed by atoms with van der Waals surface area (Å²) in [7, 11) is 0. The minimum Gasteiger partial charge on any atom is -0.481 e. The zero-order valence-corrected chi connectivity index (χ0v) is 15.3. The van der Waals surface area contributed by atoms with Crippen LogP contribution in [0.1, 0.15) is 51.3 Å². The SMILES string of the molecule is CC1(C)C(C=NOC2CCCC2)C1(C(=O)O)C(F)c1cc(F)c(F)c(F)c1F. The quantitative estimate of drug-likeness (QED) is 0.240. The summed E-state index contributed by atoms with van der Waals surface area (Å²) in [5.41, 5.74) is -4.67. The van der Waals surface area contributed by atoms with E-state index in [9.17, 15) is 27.5 Å². The molecule has 3 atom stereocenters. The van der Waals surface area contributed by atoms with E-state index in [1.54, 1.807) is 0 Å². The number of carbonyl (C=O) groups is 1. The third kappa shape index (κ3) is 2.86. The summed E-state index contributed by atoms with van der Waals surface area (Å²) in [5.74, 6) is -10.7. The second kappa shape index (κ2) is 7.00. The van der Waals surface area contributed by atoms with Crippen molar-refractivity contribution < 1.29 is 36.7 Å². The third-order valence-corrected chi connectivity index (χ3v) is 6.13. The van der Waals surface area contributed by atoms with Gasteiger partial charge >= 0.3 is 5.97 Å². The first-order valence-corrected chi connectivity index (χ1v) is 8.96. The van der Waals surface area contributed by atoms with Crippen molar-refractivity contribution in [2.75, 3.05) is 0 Å².